The lowest BCUT2D eigenvalue weighted by Crippen LogP contribution is -2.31. The number of aliphatic hydroxyl groups excluding tert-OH is 1. The molecule has 0 aliphatic rings. The van der Waals surface area contributed by atoms with Gasteiger partial charge in [0.2, 0.25) is 0 Å². The smallest absolute Gasteiger partial charge is 0.124 e. The minimum Gasteiger partial charge on any atom is -0.494 e. The predicted octanol–water partition coefficient (Wildman–Crippen LogP) is 3.51. The van der Waals surface area contributed by atoms with E-state index in [1.54, 1.807) is 0 Å². The summed E-state index contributed by atoms with van der Waals surface area (Å²) >= 11 is 1.82. The Balaban J connectivity index is 2.13. The molecule has 4 nitrogen and oxygen atoms in total. The van der Waals surface area contributed by atoms with Gasteiger partial charge in [0, 0.05) is 36.6 Å². The van der Waals surface area contributed by atoms with Crippen molar-refractivity contribution in [2.24, 2.45) is 0 Å². The van der Waals surface area contributed by atoms with Gasteiger partial charge in [-0.25, -0.2) is 0 Å². The van der Waals surface area contributed by atoms with E-state index in [0.717, 1.165) is 37.5 Å². The third kappa shape index (κ3) is 6.12. The van der Waals surface area contributed by atoms with Gasteiger partial charge in [-0.2, -0.15) is 0 Å². The number of thiophene rings is 1. The van der Waals surface area contributed by atoms with Crippen LogP contribution in [0.3, 0.4) is 0 Å². The van der Waals surface area contributed by atoms with E-state index in [1.807, 2.05) is 24.3 Å². The topological polar surface area (TPSA) is 35.9 Å². The maximum atomic E-state index is 9.62. The second kappa shape index (κ2) is 9.92. The number of rotatable bonds is 10. The second-order valence-corrected chi connectivity index (χ2v) is 7.57. The standard InChI is InChI=1S/C20H30N2O2S/c1-5-24-19-7-6-17(12-18(19)15-23)13-22(10-9-21(3)4)14-20-16(2)8-11-25-20/h6-8,11-12,23H,5,9-10,13-15H2,1-4H3. The molecule has 138 valence electrons. The van der Waals surface area contributed by atoms with E-state index < -0.39 is 0 Å². The zero-order valence-corrected chi connectivity index (χ0v) is 16.6. The molecule has 0 amide bonds. The molecule has 0 saturated carbocycles. The highest BCUT2D eigenvalue weighted by molar-refractivity contribution is 7.10. The van der Waals surface area contributed by atoms with Crippen molar-refractivity contribution in [3.63, 3.8) is 0 Å². The summed E-state index contributed by atoms with van der Waals surface area (Å²) in [5, 5.41) is 11.8. The highest BCUT2D eigenvalue weighted by Crippen LogP contribution is 2.23. The van der Waals surface area contributed by atoms with Crippen molar-refractivity contribution in [3.8, 4) is 5.75 Å². The van der Waals surface area contributed by atoms with Crippen LogP contribution in [0.2, 0.25) is 0 Å². The predicted molar refractivity (Wildman–Crippen MR) is 105 cm³/mol. The van der Waals surface area contributed by atoms with E-state index in [9.17, 15) is 5.11 Å². The van der Waals surface area contributed by atoms with Gasteiger partial charge in [0.1, 0.15) is 5.75 Å². The Kier molecular flexibility index (Phi) is 7.90. The maximum absolute atomic E-state index is 9.62. The van der Waals surface area contributed by atoms with E-state index in [4.69, 9.17) is 4.74 Å². The Morgan fingerprint density at radius 1 is 1.12 bits per heavy atom. The van der Waals surface area contributed by atoms with Crippen LogP contribution in [0, 0.1) is 6.92 Å². The third-order valence-electron chi connectivity index (χ3n) is 4.20. The Morgan fingerprint density at radius 2 is 1.92 bits per heavy atom. The van der Waals surface area contributed by atoms with Gasteiger partial charge in [-0.1, -0.05) is 6.07 Å². The monoisotopic (exact) mass is 362 g/mol. The summed E-state index contributed by atoms with van der Waals surface area (Å²) in [7, 11) is 4.21. The van der Waals surface area contributed by atoms with E-state index >= 15 is 0 Å². The average Bonchev–Trinajstić information content (AvgIpc) is 2.99. The summed E-state index contributed by atoms with van der Waals surface area (Å²) in [6.45, 7) is 8.60. The van der Waals surface area contributed by atoms with Gasteiger partial charge >= 0.3 is 0 Å². The second-order valence-electron chi connectivity index (χ2n) is 6.57. The highest BCUT2D eigenvalue weighted by atomic mass is 32.1. The summed E-state index contributed by atoms with van der Waals surface area (Å²) < 4.78 is 5.59. The van der Waals surface area contributed by atoms with Crippen LogP contribution in [-0.2, 0) is 19.7 Å². The first-order chi connectivity index (χ1) is 12.0. The molecule has 2 rings (SSSR count). The number of ether oxygens (including phenoxy) is 1. The first kappa shape index (κ1) is 19.9. The van der Waals surface area contributed by atoms with Crippen molar-refractivity contribution in [2.45, 2.75) is 33.5 Å². The van der Waals surface area contributed by atoms with Gasteiger partial charge in [0.15, 0.2) is 0 Å². The molecule has 0 spiro atoms. The van der Waals surface area contributed by atoms with Crippen LogP contribution in [0.1, 0.15) is 28.5 Å². The van der Waals surface area contributed by atoms with Crippen LogP contribution in [0.4, 0.5) is 0 Å². The molecule has 5 heteroatoms. The van der Waals surface area contributed by atoms with Gasteiger partial charge in [0.25, 0.3) is 0 Å². The van der Waals surface area contributed by atoms with E-state index in [2.05, 4.69) is 54.4 Å². The minimum atomic E-state index is 0.00486. The van der Waals surface area contributed by atoms with Crippen molar-refractivity contribution >= 4 is 11.3 Å². The summed E-state index contributed by atoms with van der Waals surface area (Å²) in [6, 6.07) is 8.33. The van der Waals surface area contributed by atoms with Crippen LogP contribution < -0.4 is 4.74 Å². The molecule has 0 radical (unpaired) electrons. The van der Waals surface area contributed by atoms with Crippen LogP contribution in [0.5, 0.6) is 5.75 Å². The third-order valence-corrected chi connectivity index (χ3v) is 5.21. The van der Waals surface area contributed by atoms with Crippen molar-refractivity contribution in [2.75, 3.05) is 33.8 Å². The number of aliphatic hydroxyl groups is 1. The minimum absolute atomic E-state index is 0.00486. The van der Waals surface area contributed by atoms with Crippen molar-refractivity contribution in [3.05, 3.63) is 51.2 Å². The molecule has 0 aliphatic carbocycles. The Labute approximate surface area is 155 Å². The zero-order chi connectivity index (χ0) is 18.2. The molecule has 2 aromatic rings. The van der Waals surface area contributed by atoms with Gasteiger partial charge in [0.05, 0.1) is 13.2 Å². The van der Waals surface area contributed by atoms with Gasteiger partial charge < -0.3 is 14.7 Å². The van der Waals surface area contributed by atoms with Gasteiger partial charge in [-0.3, -0.25) is 4.90 Å². The number of hydrogen-bond donors (Lipinski definition) is 1. The van der Waals surface area contributed by atoms with Crippen LogP contribution in [-0.4, -0.2) is 48.7 Å². The molecule has 1 heterocycles. The van der Waals surface area contributed by atoms with E-state index in [-0.39, 0.29) is 6.61 Å². The molecule has 0 fully saturated rings. The maximum Gasteiger partial charge on any atom is 0.124 e. The zero-order valence-electron chi connectivity index (χ0n) is 15.8. The summed E-state index contributed by atoms with van der Waals surface area (Å²) in [5.41, 5.74) is 3.43. The average molecular weight is 363 g/mol. The quantitative estimate of drug-likeness (QED) is 0.702. The van der Waals surface area contributed by atoms with E-state index in [0.29, 0.717) is 6.61 Å². The summed E-state index contributed by atoms with van der Waals surface area (Å²) in [5.74, 6) is 0.780. The number of nitrogens with zero attached hydrogens (tertiary/aromatic N) is 2. The molecule has 0 saturated heterocycles. The van der Waals surface area contributed by atoms with Crippen molar-refractivity contribution in [1.82, 2.24) is 9.80 Å². The largest absolute Gasteiger partial charge is 0.494 e. The molecule has 1 N–H and O–H groups in total. The lowest BCUT2D eigenvalue weighted by Gasteiger charge is -2.24. The van der Waals surface area contributed by atoms with Crippen LogP contribution in [0.25, 0.3) is 0 Å². The van der Waals surface area contributed by atoms with Gasteiger partial charge in [-0.15, -0.1) is 11.3 Å². The molecule has 0 atom stereocenters. The fraction of sp³-hybridized carbons (Fsp3) is 0.500. The molecular weight excluding hydrogens is 332 g/mol. The summed E-state index contributed by atoms with van der Waals surface area (Å²) in [6.07, 6.45) is 0. The fourth-order valence-corrected chi connectivity index (χ4v) is 3.68. The SMILES string of the molecule is CCOc1ccc(CN(CCN(C)C)Cc2sccc2C)cc1CO. The molecule has 1 aromatic heterocycles. The molecular formula is C20H30N2O2S. The van der Waals surface area contributed by atoms with Crippen LogP contribution in [0.15, 0.2) is 29.6 Å². The normalized spacial score (nSPS) is 11.5. The lowest BCUT2D eigenvalue weighted by molar-refractivity contribution is 0.227. The molecule has 0 aliphatic heterocycles. The summed E-state index contributed by atoms with van der Waals surface area (Å²) in [4.78, 5) is 6.11. The first-order valence-electron chi connectivity index (χ1n) is 8.79. The molecule has 25 heavy (non-hydrogen) atoms. The van der Waals surface area contributed by atoms with Gasteiger partial charge in [-0.05, 0) is 62.6 Å². The molecule has 0 unspecified atom stereocenters. The number of likely N-dealkylation sites (N-methyl/N-ethyl adjacent to an activating group) is 1. The first-order valence-corrected chi connectivity index (χ1v) is 9.67. The molecule has 1 aromatic carbocycles. The Bertz CT molecular complexity index is 655. The number of aryl methyl sites for hydroxylation is 1. The van der Waals surface area contributed by atoms with E-state index in [1.165, 1.54) is 16.0 Å². The highest BCUT2D eigenvalue weighted by Gasteiger charge is 2.12. The number of hydrogen-bond acceptors (Lipinski definition) is 5. The molecule has 0 bridgehead atoms. The van der Waals surface area contributed by atoms with Crippen molar-refractivity contribution < 1.29 is 9.84 Å². The lowest BCUT2D eigenvalue weighted by atomic mass is 10.1. The Hall–Kier alpha value is -1.40. The Morgan fingerprint density at radius 3 is 2.52 bits per heavy atom. The fourth-order valence-electron chi connectivity index (χ4n) is 2.73. The van der Waals surface area contributed by atoms with Crippen LogP contribution >= 0.6 is 11.3 Å². The van der Waals surface area contributed by atoms with Crippen molar-refractivity contribution in [1.29, 1.82) is 0 Å². The number of benzene rings is 1.